The monoisotopic (exact) mass is 238 g/mol. The van der Waals surface area contributed by atoms with Crippen LogP contribution in [0, 0.1) is 11.3 Å². The molecule has 0 spiro atoms. The lowest BCUT2D eigenvalue weighted by atomic mass is 10.1. The van der Waals surface area contributed by atoms with Crippen LogP contribution in [0.1, 0.15) is 23.4 Å². The molecular weight excluding hydrogens is 235 g/mol. The van der Waals surface area contributed by atoms with Crippen LogP contribution in [0.4, 0.5) is 22.0 Å². The summed E-state index contributed by atoms with van der Waals surface area (Å²) in [6, 6.07) is 1.44. The molecule has 1 aromatic heterocycles. The molecule has 1 aromatic rings. The van der Waals surface area contributed by atoms with Gasteiger partial charge in [0.05, 0.1) is 5.56 Å². The van der Waals surface area contributed by atoms with Gasteiger partial charge in [-0.15, -0.1) is 0 Å². The highest BCUT2D eigenvalue weighted by molar-refractivity contribution is 5.43. The van der Waals surface area contributed by atoms with Crippen molar-refractivity contribution in [1.29, 1.82) is 5.26 Å². The highest BCUT2D eigenvalue weighted by Gasteiger charge is 2.37. The van der Waals surface area contributed by atoms with Gasteiger partial charge in [-0.25, -0.2) is 13.8 Å². The van der Waals surface area contributed by atoms with E-state index < -0.39 is 35.3 Å². The van der Waals surface area contributed by atoms with Crippen LogP contribution < -0.4 is 0 Å². The summed E-state index contributed by atoms with van der Waals surface area (Å²) in [5.74, 6) is -1.14. The maximum absolute atomic E-state index is 12.3. The summed E-state index contributed by atoms with van der Waals surface area (Å²) in [6.45, 7) is 0. The van der Waals surface area contributed by atoms with E-state index in [4.69, 9.17) is 10.4 Å². The number of aromatic nitrogens is 1. The van der Waals surface area contributed by atoms with Crippen molar-refractivity contribution in [1.82, 2.24) is 4.98 Å². The van der Waals surface area contributed by atoms with Crippen LogP contribution in [0.5, 0.6) is 5.75 Å². The molecule has 0 saturated heterocycles. The highest BCUT2D eigenvalue weighted by atomic mass is 19.4. The number of hydrogen-bond acceptors (Lipinski definition) is 3. The number of pyridine rings is 1. The van der Waals surface area contributed by atoms with Crippen molar-refractivity contribution in [3.05, 3.63) is 23.0 Å². The first-order chi connectivity index (χ1) is 7.27. The summed E-state index contributed by atoms with van der Waals surface area (Å²) in [5, 5.41) is 17.3. The van der Waals surface area contributed by atoms with Crippen molar-refractivity contribution >= 4 is 0 Å². The fraction of sp³-hybridized carbons (Fsp3) is 0.250. The Balaban J connectivity index is 3.49. The summed E-state index contributed by atoms with van der Waals surface area (Å²) < 4.78 is 61.1. The van der Waals surface area contributed by atoms with Crippen LogP contribution in [-0.4, -0.2) is 10.1 Å². The third kappa shape index (κ3) is 2.18. The minimum absolute atomic E-state index is 0.317. The number of halogens is 5. The number of alkyl halides is 5. The largest absolute Gasteiger partial charge is 0.506 e. The smallest absolute Gasteiger partial charge is 0.434 e. The molecule has 1 heterocycles. The van der Waals surface area contributed by atoms with E-state index in [1.807, 2.05) is 0 Å². The van der Waals surface area contributed by atoms with Gasteiger partial charge in [0.25, 0.3) is 6.43 Å². The number of nitriles is 1. The predicted octanol–water partition coefficient (Wildman–Crippen LogP) is 2.62. The first-order valence-corrected chi connectivity index (χ1v) is 3.76. The molecule has 0 aliphatic rings. The second-order valence-corrected chi connectivity index (χ2v) is 2.70. The van der Waals surface area contributed by atoms with Crippen molar-refractivity contribution in [2.75, 3.05) is 0 Å². The molecule has 0 atom stereocenters. The van der Waals surface area contributed by atoms with Crippen LogP contribution in [0.25, 0.3) is 0 Å². The van der Waals surface area contributed by atoms with Gasteiger partial charge >= 0.3 is 6.18 Å². The molecule has 0 radical (unpaired) electrons. The molecule has 0 fully saturated rings. The van der Waals surface area contributed by atoms with Crippen LogP contribution in [0.3, 0.4) is 0 Å². The van der Waals surface area contributed by atoms with Gasteiger partial charge in [-0.05, 0) is 0 Å². The Labute approximate surface area is 85.8 Å². The minimum atomic E-state index is -5.03. The molecule has 3 nitrogen and oxygen atoms in total. The molecule has 0 amide bonds. The zero-order valence-electron chi connectivity index (χ0n) is 7.39. The van der Waals surface area contributed by atoms with E-state index >= 15 is 0 Å². The average Bonchev–Trinajstić information content (AvgIpc) is 2.14. The first kappa shape index (κ1) is 12.2. The third-order valence-electron chi connectivity index (χ3n) is 1.63. The van der Waals surface area contributed by atoms with Crippen molar-refractivity contribution in [2.24, 2.45) is 0 Å². The lowest BCUT2D eigenvalue weighted by molar-refractivity contribution is -0.141. The fourth-order valence-corrected chi connectivity index (χ4v) is 0.979. The van der Waals surface area contributed by atoms with Gasteiger partial charge in [-0.3, -0.25) is 0 Å². The Morgan fingerprint density at radius 3 is 2.31 bits per heavy atom. The lowest BCUT2D eigenvalue weighted by Crippen LogP contribution is -2.12. The number of hydrogen-bond donors (Lipinski definition) is 1. The molecule has 0 unspecified atom stereocenters. The molecule has 0 aliphatic carbocycles. The molecular formula is C8H3F5N2O. The second-order valence-electron chi connectivity index (χ2n) is 2.70. The van der Waals surface area contributed by atoms with E-state index in [0.717, 1.165) is 6.07 Å². The molecule has 8 heteroatoms. The van der Waals surface area contributed by atoms with Gasteiger partial charge < -0.3 is 5.11 Å². The van der Waals surface area contributed by atoms with Crippen molar-refractivity contribution in [2.45, 2.75) is 12.6 Å². The lowest BCUT2D eigenvalue weighted by Gasteiger charge is -2.10. The van der Waals surface area contributed by atoms with Gasteiger partial charge in [-0.1, -0.05) is 0 Å². The van der Waals surface area contributed by atoms with Crippen LogP contribution in [0.2, 0.25) is 0 Å². The van der Waals surface area contributed by atoms with E-state index in [1.165, 1.54) is 0 Å². The standard InChI is InChI=1S/C8H3F5N2O/c9-7(10)5-4(16)1-3(2-14)6(15-5)8(11,12)13/h1,7,16H. The van der Waals surface area contributed by atoms with E-state index in [2.05, 4.69) is 4.98 Å². The van der Waals surface area contributed by atoms with E-state index in [9.17, 15) is 22.0 Å². The normalized spacial score (nSPS) is 11.6. The Hall–Kier alpha value is -1.91. The van der Waals surface area contributed by atoms with Gasteiger partial charge in [0.2, 0.25) is 0 Å². The molecule has 16 heavy (non-hydrogen) atoms. The molecule has 1 rings (SSSR count). The van der Waals surface area contributed by atoms with E-state index in [0.29, 0.717) is 6.07 Å². The van der Waals surface area contributed by atoms with Crippen LogP contribution in [0.15, 0.2) is 6.07 Å². The van der Waals surface area contributed by atoms with Crippen LogP contribution >= 0.6 is 0 Å². The van der Waals surface area contributed by atoms with Crippen LogP contribution in [-0.2, 0) is 6.18 Å². The number of nitrogens with zero attached hydrogens (tertiary/aromatic N) is 2. The Kier molecular flexibility index (Phi) is 2.98. The quantitative estimate of drug-likeness (QED) is 0.765. The third-order valence-corrected chi connectivity index (χ3v) is 1.63. The fourth-order valence-electron chi connectivity index (χ4n) is 0.979. The maximum Gasteiger partial charge on any atom is 0.434 e. The predicted molar refractivity (Wildman–Crippen MR) is 40.6 cm³/mol. The zero-order chi connectivity index (χ0) is 12.5. The molecule has 0 saturated carbocycles. The van der Waals surface area contributed by atoms with Gasteiger partial charge in [-0.2, -0.15) is 18.4 Å². The highest BCUT2D eigenvalue weighted by Crippen LogP contribution is 2.35. The second kappa shape index (κ2) is 3.92. The van der Waals surface area contributed by atoms with Crippen molar-refractivity contribution in [3.8, 4) is 11.8 Å². The molecule has 0 aliphatic heterocycles. The Bertz CT molecular complexity index is 449. The zero-order valence-corrected chi connectivity index (χ0v) is 7.39. The number of aromatic hydroxyl groups is 1. The van der Waals surface area contributed by atoms with E-state index in [-0.39, 0.29) is 0 Å². The van der Waals surface area contributed by atoms with Crippen molar-refractivity contribution < 1.29 is 27.1 Å². The summed E-state index contributed by atoms with van der Waals surface area (Å²) in [4.78, 5) is 2.57. The van der Waals surface area contributed by atoms with Crippen molar-refractivity contribution in [3.63, 3.8) is 0 Å². The average molecular weight is 238 g/mol. The Morgan fingerprint density at radius 1 is 1.38 bits per heavy atom. The summed E-state index contributed by atoms with van der Waals surface area (Å²) in [5.41, 5.74) is -4.14. The maximum atomic E-state index is 12.3. The minimum Gasteiger partial charge on any atom is -0.506 e. The van der Waals surface area contributed by atoms with E-state index in [1.54, 1.807) is 0 Å². The van der Waals surface area contributed by atoms with Gasteiger partial charge in [0.15, 0.2) is 5.69 Å². The van der Waals surface area contributed by atoms with Gasteiger partial charge in [0, 0.05) is 6.07 Å². The Morgan fingerprint density at radius 2 is 1.94 bits per heavy atom. The summed E-state index contributed by atoms with van der Waals surface area (Å²) in [7, 11) is 0. The number of rotatable bonds is 1. The molecule has 86 valence electrons. The first-order valence-electron chi connectivity index (χ1n) is 3.76. The SMILES string of the molecule is N#Cc1cc(O)c(C(F)F)nc1C(F)(F)F. The molecule has 0 bridgehead atoms. The molecule has 1 N–H and O–H groups in total. The van der Waals surface area contributed by atoms with Gasteiger partial charge in [0.1, 0.15) is 17.5 Å². The summed E-state index contributed by atoms with van der Waals surface area (Å²) >= 11 is 0. The molecule has 0 aromatic carbocycles. The topological polar surface area (TPSA) is 56.9 Å². The summed E-state index contributed by atoms with van der Waals surface area (Å²) in [6.07, 6.45) is -8.38.